The van der Waals surface area contributed by atoms with Crippen molar-refractivity contribution in [3.8, 4) is 0 Å². The van der Waals surface area contributed by atoms with E-state index in [1.807, 2.05) is 6.07 Å². The second kappa shape index (κ2) is 8.48. The quantitative estimate of drug-likeness (QED) is 0.697. The summed E-state index contributed by atoms with van der Waals surface area (Å²) < 4.78 is 28.7. The molecule has 5 nitrogen and oxygen atoms in total. The zero-order valence-corrected chi connectivity index (χ0v) is 18.6. The fourth-order valence-electron chi connectivity index (χ4n) is 4.20. The molecule has 1 aliphatic heterocycles. The van der Waals surface area contributed by atoms with E-state index in [4.69, 9.17) is 0 Å². The average Bonchev–Trinajstić information content (AvgIpc) is 2.74. The molecule has 0 saturated heterocycles. The van der Waals surface area contributed by atoms with Crippen molar-refractivity contribution in [3.63, 3.8) is 0 Å². The normalized spacial score (nSPS) is 17.6. The number of carbonyl (C=O) groups is 1. The van der Waals surface area contributed by atoms with Gasteiger partial charge in [0.2, 0.25) is 0 Å². The maximum atomic E-state index is 13.2. The van der Waals surface area contributed by atoms with E-state index in [0.717, 1.165) is 48.6 Å². The lowest BCUT2D eigenvalue weighted by Crippen LogP contribution is -2.37. The van der Waals surface area contributed by atoms with E-state index in [9.17, 15) is 13.2 Å². The van der Waals surface area contributed by atoms with Crippen molar-refractivity contribution >= 4 is 37.5 Å². The van der Waals surface area contributed by atoms with E-state index in [-0.39, 0.29) is 16.8 Å². The monoisotopic (exact) mass is 476 g/mol. The van der Waals surface area contributed by atoms with Crippen molar-refractivity contribution < 1.29 is 13.2 Å². The molecular weight excluding hydrogens is 452 g/mol. The molecule has 1 fully saturated rings. The summed E-state index contributed by atoms with van der Waals surface area (Å²) in [6.07, 6.45) is 7.15. The van der Waals surface area contributed by atoms with Crippen molar-refractivity contribution in [2.45, 2.75) is 55.9 Å². The predicted molar refractivity (Wildman–Crippen MR) is 118 cm³/mol. The molecule has 1 aliphatic carbocycles. The SMILES string of the molecule is O=C(NC1CCCCC1)c1ccc2c(c1)CCCN2S(=O)(=O)c1ccc(Br)cc1. The van der Waals surface area contributed by atoms with E-state index in [0.29, 0.717) is 17.8 Å². The standard InChI is InChI=1S/C22H25BrN2O3S/c23-18-9-11-20(12-10-18)29(27,28)25-14-4-5-16-15-17(8-13-21(16)25)22(26)24-19-6-2-1-3-7-19/h8-13,15,19H,1-7,14H2,(H,24,26). The van der Waals surface area contributed by atoms with Gasteiger partial charge in [-0.3, -0.25) is 9.10 Å². The number of aryl methyl sites for hydroxylation is 1. The fourth-order valence-corrected chi connectivity index (χ4v) is 6.01. The van der Waals surface area contributed by atoms with Gasteiger partial charge in [0.1, 0.15) is 0 Å². The van der Waals surface area contributed by atoms with Crippen LogP contribution in [0.3, 0.4) is 0 Å². The van der Waals surface area contributed by atoms with Gasteiger partial charge in [-0.1, -0.05) is 35.2 Å². The molecule has 0 atom stereocenters. The first-order valence-electron chi connectivity index (χ1n) is 10.2. The molecule has 0 unspecified atom stereocenters. The van der Waals surface area contributed by atoms with Crippen LogP contribution in [0, 0.1) is 0 Å². The van der Waals surface area contributed by atoms with Gasteiger partial charge in [0.25, 0.3) is 15.9 Å². The minimum atomic E-state index is -3.64. The third kappa shape index (κ3) is 4.36. The molecular formula is C22H25BrN2O3S. The van der Waals surface area contributed by atoms with Crippen LogP contribution >= 0.6 is 15.9 Å². The van der Waals surface area contributed by atoms with Gasteiger partial charge in [-0.05, 0) is 73.7 Å². The molecule has 4 rings (SSSR count). The second-order valence-corrected chi connectivity index (χ2v) is 10.6. The van der Waals surface area contributed by atoms with Crippen LogP contribution in [0.2, 0.25) is 0 Å². The number of sulfonamides is 1. The van der Waals surface area contributed by atoms with Crippen molar-refractivity contribution in [1.29, 1.82) is 0 Å². The molecule has 7 heteroatoms. The van der Waals surface area contributed by atoms with Gasteiger partial charge in [-0.25, -0.2) is 8.42 Å². The lowest BCUT2D eigenvalue weighted by molar-refractivity contribution is 0.0927. The minimum absolute atomic E-state index is 0.0624. The summed E-state index contributed by atoms with van der Waals surface area (Å²) >= 11 is 3.34. The number of amides is 1. The van der Waals surface area contributed by atoms with Crippen LogP contribution < -0.4 is 9.62 Å². The Morgan fingerprint density at radius 3 is 2.45 bits per heavy atom. The molecule has 2 aromatic carbocycles. The molecule has 0 spiro atoms. The van der Waals surface area contributed by atoms with Crippen LogP contribution in [0.15, 0.2) is 51.8 Å². The van der Waals surface area contributed by atoms with Gasteiger partial charge in [0.15, 0.2) is 0 Å². The van der Waals surface area contributed by atoms with Gasteiger partial charge in [-0.15, -0.1) is 0 Å². The molecule has 1 amide bonds. The van der Waals surface area contributed by atoms with Crippen LogP contribution in [0.5, 0.6) is 0 Å². The van der Waals surface area contributed by atoms with Gasteiger partial charge in [-0.2, -0.15) is 0 Å². The largest absolute Gasteiger partial charge is 0.349 e. The van der Waals surface area contributed by atoms with E-state index in [1.165, 1.54) is 10.7 Å². The smallest absolute Gasteiger partial charge is 0.264 e. The Morgan fingerprint density at radius 2 is 1.72 bits per heavy atom. The molecule has 1 N–H and O–H groups in total. The summed E-state index contributed by atoms with van der Waals surface area (Å²) in [6, 6.07) is 12.3. The molecule has 0 aromatic heterocycles. The number of halogens is 1. The number of nitrogens with one attached hydrogen (secondary N) is 1. The summed E-state index contributed by atoms with van der Waals surface area (Å²) in [7, 11) is -3.64. The van der Waals surface area contributed by atoms with E-state index >= 15 is 0 Å². The molecule has 2 aliphatic rings. The average molecular weight is 477 g/mol. The maximum Gasteiger partial charge on any atom is 0.264 e. The highest BCUT2D eigenvalue weighted by molar-refractivity contribution is 9.10. The van der Waals surface area contributed by atoms with Gasteiger partial charge < -0.3 is 5.32 Å². The fraction of sp³-hybridized carbons (Fsp3) is 0.409. The highest BCUT2D eigenvalue weighted by atomic mass is 79.9. The van der Waals surface area contributed by atoms with Crippen molar-refractivity contribution in [1.82, 2.24) is 5.32 Å². The Hall–Kier alpha value is -1.86. The summed E-state index contributed by atoms with van der Waals surface area (Å²) in [5, 5.41) is 3.14. The van der Waals surface area contributed by atoms with Crippen molar-refractivity contribution in [2.24, 2.45) is 0 Å². The maximum absolute atomic E-state index is 13.2. The zero-order valence-electron chi connectivity index (χ0n) is 16.2. The van der Waals surface area contributed by atoms with Crippen molar-refractivity contribution in [3.05, 3.63) is 58.1 Å². The molecule has 0 bridgehead atoms. The number of rotatable bonds is 4. The minimum Gasteiger partial charge on any atom is -0.349 e. The van der Waals surface area contributed by atoms with Crippen LogP contribution in [0.4, 0.5) is 5.69 Å². The second-order valence-electron chi connectivity index (χ2n) is 7.79. The van der Waals surface area contributed by atoms with Gasteiger partial charge in [0, 0.05) is 22.6 Å². The third-order valence-corrected chi connectivity index (χ3v) is 8.12. The lowest BCUT2D eigenvalue weighted by Gasteiger charge is -2.31. The number of hydrogen-bond acceptors (Lipinski definition) is 3. The van der Waals surface area contributed by atoms with Crippen LogP contribution in [-0.4, -0.2) is 26.9 Å². The molecule has 1 saturated carbocycles. The highest BCUT2D eigenvalue weighted by Crippen LogP contribution is 2.33. The summed E-state index contributed by atoms with van der Waals surface area (Å²) in [4.78, 5) is 13.0. The zero-order chi connectivity index (χ0) is 20.4. The van der Waals surface area contributed by atoms with Gasteiger partial charge >= 0.3 is 0 Å². The number of carbonyl (C=O) groups excluding carboxylic acids is 1. The van der Waals surface area contributed by atoms with Gasteiger partial charge in [0.05, 0.1) is 10.6 Å². The third-order valence-electron chi connectivity index (χ3n) is 5.76. The Balaban J connectivity index is 1.58. The van der Waals surface area contributed by atoms with E-state index in [1.54, 1.807) is 36.4 Å². The van der Waals surface area contributed by atoms with Crippen LogP contribution in [0.25, 0.3) is 0 Å². The predicted octanol–water partition coefficient (Wildman–Crippen LogP) is 4.65. The van der Waals surface area contributed by atoms with Crippen molar-refractivity contribution in [2.75, 3.05) is 10.8 Å². The number of anilines is 1. The first-order chi connectivity index (χ1) is 13.9. The lowest BCUT2D eigenvalue weighted by atomic mass is 9.95. The first-order valence-corrected chi connectivity index (χ1v) is 12.4. The topological polar surface area (TPSA) is 66.5 Å². The molecule has 1 heterocycles. The molecule has 0 radical (unpaired) electrons. The number of fused-ring (bicyclic) bond motifs is 1. The van der Waals surface area contributed by atoms with E-state index in [2.05, 4.69) is 21.2 Å². The Bertz CT molecular complexity index is 999. The Kier molecular flexibility index (Phi) is 5.97. The summed E-state index contributed by atoms with van der Waals surface area (Å²) in [5.41, 5.74) is 2.19. The Morgan fingerprint density at radius 1 is 1.00 bits per heavy atom. The van der Waals surface area contributed by atoms with E-state index < -0.39 is 10.0 Å². The molecule has 154 valence electrons. The molecule has 29 heavy (non-hydrogen) atoms. The Labute approximate surface area is 180 Å². The number of hydrogen-bond donors (Lipinski definition) is 1. The number of nitrogens with zero attached hydrogens (tertiary/aromatic N) is 1. The van der Waals surface area contributed by atoms with Crippen LogP contribution in [0.1, 0.15) is 54.4 Å². The summed E-state index contributed by atoms with van der Waals surface area (Å²) in [6.45, 7) is 0.443. The number of benzene rings is 2. The highest BCUT2D eigenvalue weighted by Gasteiger charge is 2.29. The van der Waals surface area contributed by atoms with Crippen LogP contribution in [-0.2, 0) is 16.4 Å². The molecule has 2 aromatic rings. The summed E-state index contributed by atoms with van der Waals surface area (Å²) in [5.74, 6) is -0.0624. The first kappa shape index (κ1) is 20.4.